The van der Waals surface area contributed by atoms with E-state index in [0.29, 0.717) is 73.0 Å². The van der Waals surface area contributed by atoms with Crippen molar-refractivity contribution in [2.45, 2.75) is 6.54 Å². The van der Waals surface area contributed by atoms with Gasteiger partial charge in [-0.2, -0.15) is 9.97 Å². The number of piperazine rings is 1. The average molecular weight is 507 g/mol. The van der Waals surface area contributed by atoms with E-state index in [2.05, 4.69) is 30.2 Å². The van der Waals surface area contributed by atoms with Crippen LogP contribution in [-0.2, 0) is 11.3 Å². The SMILES string of the molecule is COc1cc(OC)nc(CN2CCN(C(=O)CNc3c(-c4ccccc4F)nc4cnccn34)CC2)n1. The van der Waals surface area contributed by atoms with Crippen molar-refractivity contribution in [3.05, 3.63) is 60.6 Å². The highest BCUT2D eigenvalue weighted by molar-refractivity contribution is 5.84. The van der Waals surface area contributed by atoms with E-state index >= 15 is 0 Å². The molecule has 192 valence electrons. The van der Waals surface area contributed by atoms with Gasteiger partial charge >= 0.3 is 0 Å². The maximum absolute atomic E-state index is 14.6. The van der Waals surface area contributed by atoms with Crippen molar-refractivity contribution in [1.82, 2.24) is 34.1 Å². The first-order chi connectivity index (χ1) is 18.1. The Morgan fingerprint density at radius 3 is 2.49 bits per heavy atom. The number of nitrogens with one attached hydrogen (secondary N) is 1. The molecular weight excluding hydrogens is 479 g/mol. The number of aromatic nitrogens is 5. The Hall–Kier alpha value is -4.32. The summed E-state index contributed by atoms with van der Waals surface area (Å²) in [7, 11) is 3.10. The van der Waals surface area contributed by atoms with Crippen LogP contribution in [0.1, 0.15) is 5.82 Å². The molecule has 1 amide bonds. The molecule has 1 N–H and O–H groups in total. The van der Waals surface area contributed by atoms with Crippen molar-refractivity contribution < 1.29 is 18.7 Å². The zero-order chi connectivity index (χ0) is 25.8. The van der Waals surface area contributed by atoms with E-state index in [-0.39, 0.29) is 18.3 Å². The van der Waals surface area contributed by atoms with Crippen molar-refractivity contribution in [1.29, 1.82) is 0 Å². The van der Waals surface area contributed by atoms with Crippen molar-refractivity contribution in [3.63, 3.8) is 0 Å². The van der Waals surface area contributed by atoms with Crippen molar-refractivity contribution in [3.8, 4) is 23.0 Å². The molecule has 0 bridgehead atoms. The van der Waals surface area contributed by atoms with Crippen LogP contribution in [-0.4, -0.2) is 87.0 Å². The number of methoxy groups -OCH3 is 2. The lowest BCUT2D eigenvalue weighted by Gasteiger charge is -2.34. The second kappa shape index (κ2) is 10.7. The maximum Gasteiger partial charge on any atom is 0.242 e. The standard InChI is InChI=1S/C25H27FN8O3/c1-36-21-13-22(37-2)30-19(29-21)16-32-9-11-33(12-10-32)23(35)15-28-25-24(17-5-3-4-6-18(17)26)31-20-14-27-7-8-34(20)25/h3-8,13-14,28H,9-12,15-16H2,1-2H3. The summed E-state index contributed by atoms with van der Waals surface area (Å²) in [6.45, 7) is 3.06. The first kappa shape index (κ1) is 24.4. The number of anilines is 1. The Morgan fingerprint density at radius 2 is 1.78 bits per heavy atom. The summed E-state index contributed by atoms with van der Waals surface area (Å²) in [5.41, 5.74) is 1.34. The third kappa shape index (κ3) is 5.28. The van der Waals surface area contributed by atoms with Gasteiger partial charge < -0.3 is 19.7 Å². The van der Waals surface area contributed by atoms with E-state index < -0.39 is 0 Å². The van der Waals surface area contributed by atoms with E-state index in [1.54, 1.807) is 61.5 Å². The van der Waals surface area contributed by atoms with Crippen LogP contribution in [0.4, 0.5) is 10.2 Å². The van der Waals surface area contributed by atoms with Gasteiger partial charge in [-0.05, 0) is 12.1 Å². The minimum absolute atomic E-state index is 0.0494. The highest BCUT2D eigenvalue weighted by Crippen LogP contribution is 2.30. The first-order valence-electron chi connectivity index (χ1n) is 11.8. The molecular formula is C25H27FN8O3. The Balaban J connectivity index is 1.23. The van der Waals surface area contributed by atoms with Gasteiger partial charge in [0, 0.05) is 44.1 Å². The minimum atomic E-state index is -0.387. The largest absolute Gasteiger partial charge is 0.481 e. The molecule has 1 saturated heterocycles. The van der Waals surface area contributed by atoms with Crippen LogP contribution < -0.4 is 14.8 Å². The molecule has 0 spiro atoms. The number of imidazole rings is 1. The van der Waals surface area contributed by atoms with Crippen LogP contribution in [0.3, 0.4) is 0 Å². The number of halogens is 1. The van der Waals surface area contributed by atoms with E-state index in [1.165, 1.54) is 6.07 Å². The molecule has 11 nitrogen and oxygen atoms in total. The molecule has 0 atom stereocenters. The summed E-state index contributed by atoms with van der Waals surface area (Å²) < 4.78 is 26.8. The first-order valence-corrected chi connectivity index (χ1v) is 11.8. The van der Waals surface area contributed by atoms with Crippen molar-refractivity contribution in [2.75, 3.05) is 52.3 Å². The summed E-state index contributed by atoms with van der Waals surface area (Å²) in [5.74, 6) is 1.59. The Kier molecular flexibility index (Phi) is 7.08. The Morgan fingerprint density at radius 1 is 1.05 bits per heavy atom. The van der Waals surface area contributed by atoms with Gasteiger partial charge in [0.25, 0.3) is 0 Å². The maximum atomic E-state index is 14.6. The van der Waals surface area contributed by atoms with Crippen LogP contribution >= 0.6 is 0 Å². The topological polar surface area (TPSA) is 110 Å². The van der Waals surface area contributed by atoms with Gasteiger partial charge in [-0.15, -0.1) is 0 Å². The molecule has 3 aromatic heterocycles. The number of carbonyl (C=O) groups is 1. The summed E-state index contributed by atoms with van der Waals surface area (Å²) in [4.78, 5) is 34.5. The lowest BCUT2D eigenvalue weighted by Crippen LogP contribution is -2.49. The van der Waals surface area contributed by atoms with Crippen LogP contribution in [0.5, 0.6) is 11.8 Å². The van der Waals surface area contributed by atoms with Crippen molar-refractivity contribution in [2.24, 2.45) is 0 Å². The molecule has 1 aliphatic heterocycles. The number of hydrogen-bond acceptors (Lipinski definition) is 9. The molecule has 1 fully saturated rings. The average Bonchev–Trinajstić information content (AvgIpc) is 3.30. The molecule has 1 aliphatic rings. The van der Waals surface area contributed by atoms with Gasteiger partial charge in [0.15, 0.2) is 5.65 Å². The normalized spacial score (nSPS) is 14.1. The van der Waals surface area contributed by atoms with Crippen LogP contribution in [0.15, 0.2) is 48.9 Å². The smallest absolute Gasteiger partial charge is 0.242 e. The zero-order valence-corrected chi connectivity index (χ0v) is 20.6. The van der Waals surface area contributed by atoms with Crippen molar-refractivity contribution >= 4 is 17.4 Å². The van der Waals surface area contributed by atoms with Crippen LogP contribution in [0.2, 0.25) is 0 Å². The third-order valence-corrected chi connectivity index (χ3v) is 6.20. The molecule has 0 radical (unpaired) electrons. The van der Waals surface area contributed by atoms with Gasteiger partial charge in [0.2, 0.25) is 17.7 Å². The highest BCUT2D eigenvalue weighted by Gasteiger charge is 2.23. The fourth-order valence-corrected chi connectivity index (χ4v) is 4.27. The quantitative estimate of drug-likeness (QED) is 0.384. The van der Waals surface area contributed by atoms with Gasteiger partial charge in [-0.1, -0.05) is 12.1 Å². The number of nitrogens with zero attached hydrogens (tertiary/aromatic N) is 7. The second-order valence-corrected chi connectivity index (χ2v) is 8.47. The second-order valence-electron chi connectivity index (χ2n) is 8.47. The lowest BCUT2D eigenvalue weighted by molar-refractivity contribution is -0.131. The van der Waals surface area contributed by atoms with Crippen LogP contribution in [0.25, 0.3) is 16.9 Å². The van der Waals surface area contributed by atoms with E-state index in [0.717, 1.165) is 0 Å². The molecule has 4 heterocycles. The molecule has 0 saturated carbocycles. The Bertz CT molecular complexity index is 1380. The van der Waals surface area contributed by atoms with E-state index in [9.17, 15) is 9.18 Å². The van der Waals surface area contributed by atoms with Gasteiger partial charge in [0.1, 0.15) is 23.2 Å². The number of carbonyl (C=O) groups excluding carboxylic acids is 1. The predicted molar refractivity (Wildman–Crippen MR) is 134 cm³/mol. The van der Waals surface area contributed by atoms with Gasteiger partial charge in [-0.25, -0.2) is 9.37 Å². The molecule has 0 unspecified atom stereocenters. The summed E-state index contributed by atoms with van der Waals surface area (Å²) >= 11 is 0. The number of hydrogen-bond donors (Lipinski definition) is 1. The zero-order valence-electron chi connectivity index (χ0n) is 20.6. The molecule has 12 heteroatoms. The molecule has 5 rings (SSSR count). The fourth-order valence-electron chi connectivity index (χ4n) is 4.27. The molecule has 37 heavy (non-hydrogen) atoms. The highest BCUT2D eigenvalue weighted by atomic mass is 19.1. The van der Waals surface area contributed by atoms with E-state index in [1.807, 2.05) is 4.90 Å². The fraction of sp³-hybridized carbons (Fsp3) is 0.320. The Labute approximate surface area is 212 Å². The monoisotopic (exact) mass is 506 g/mol. The van der Waals surface area contributed by atoms with Gasteiger partial charge in [0.05, 0.1) is 39.6 Å². The predicted octanol–water partition coefficient (Wildman–Crippen LogP) is 2.10. The number of ether oxygens (including phenoxy) is 2. The minimum Gasteiger partial charge on any atom is -0.481 e. The van der Waals surface area contributed by atoms with Crippen LogP contribution in [0, 0.1) is 5.82 Å². The molecule has 0 aliphatic carbocycles. The molecule has 4 aromatic rings. The number of fused-ring (bicyclic) bond motifs is 1. The number of amides is 1. The molecule has 1 aromatic carbocycles. The summed E-state index contributed by atoms with van der Waals surface area (Å²) in [6, 6.07) is 8.06. The summed E-state index contributed by atoms with van der Waals surface area (Å²) in [6.07, 6.45) is 4.94. The summed E-state index contributed by atoms with van der Waals surface area (Å²) in [5, 5.41) is 3.19. The lowest BCUT2D eigenvalue weighted by atomic mass is 10.1. The van der Waals surface area contributed by atoms with E-state index in [4.69, 9.17) is 9.47 Å². The van der Waals surface area contributed by atoms with Gasteiger partial charge in [-0.3, -0.25) is 19.1 Å². The third-order valence-electron chi connectivity index (χ3n) is 6.20. The number of rotatable bonds is 8. The number of benzene rings is 1.